The second-order valence-electron chi connectivity index (χ2n) is 4.65. The maximum absolute atomic E-state index is 11.2. The van der Waals surface area contributed by atoms with Crippen molar-refractivity contribution in [3.05, 3.63) is 21.1 Å². The Labute approximate surface area is 116 Å². The van der Waals surface area contributed by atoms with Crippen molar-refractivity contribution in [1.82, 2.24) is 14.9 Å². The molecular formula is C11H16ClN5O2. The summed E-state index contributed by atoms with van der Waals surface area (Å²) >= 11 is 5.83. The molecule has 0 saturated carbocycles. The number of rotatable bonds is 2. The fourth-order valence-electron chi connectivity index (χ4n) is 2.21. The third-order valence-corrected chi connectivity index (χ3v) is 3.38. The molecule has 0 bridgehead atoms. The van der Waals surface area contributed by atoms with Crippen LogP contribution in [0.25, 0.3) is 0 Å². The van der Waals surface area contributed by atoms with Crippen molar-refractivity contribution in [1.29, 1.82) is 0 Å². The van der Waals surface area contributed by atoms with E-state index in [1.165, 1.54) is 0 Å². The van der Waals surface area contributed by atoms with Crippen molar-refractivity contribution in [3.8, 4) is 0 Å². The molecular weight excluding hydrogens is 270 g/mol. The summed E-state index contributed by atoms with van der Waals surface area (Å²) in [6, 6.07) is 0. The topological polar surface area (TPSA) is 75.4 Å². The highest BCUT2D eigenvalue weighted by Gasteiger charge is 2.27. The average Bonchev–Trinajstić information content (AvgIpc) is 2.52. The highest BCUT2D eigenvalue weighted by molar-refractivity contribution is 6.28. The Bertz CT molecular complexity index is 496. The molecule has 0 unspecified atom stereocenters. The molecule has 7 nitrogen and oxygen atoms in total. The maximum Gasteiger partial charge on any atom is 0.332 e. The van der Waals surface area contributed by atoms with Crippen molar-refractivity contribution < 1.29 is 4.92 Å². The van der Waals surface area contributed by atoms with Crippen LogP contribution >= 0.6 is 11.6 Å². The molecule has 1 aliphatic rings. The van der Waals surface area contributed by atoms with E-state index in [1.807, 2.05) is 11.9 Å². The standard InChI is InChI=1S/C11H16ClN5O2/c1-8-9(17(18)19)10(14-11(12)13-8)16-5-3-4-15(2)6-7-16/h3-7H2,1-2H3. The molecule has 19 heavy (non-hydrogen) atoms. The first-order valence-electron chi connectivity index (χ1n) is 6.11. The zero-order valence-corrected chi connectivity index (χ0v) is 11.7. The van der Waals surface area contributed by atoms with Crippen molar-refractivity contribution in [2.24, 2.45) is 0 Å². The zero-order valence-electron chi connectivity index (χ0n) is 11.0. The Morgan fingerprint density at radius 3 is 2.68 bits per heavy atom. The van der Waals surface area contributed by atoms with Crippen LogP contribution in [-0.2, 0) is 0 Å². The number of aromatic nitrogens is 2. The predicted octanol–water partition coefficient (Wildman–Crippen LogP) is 1.49. The van der Waals surface area contributed by atoms with E-state index in [-0.39, 0.29) is 11.0 Å². The van der Waals surface area contributed by atoms with Crippen molar-refractivity contribution >= 4 is 23.1 Å². The van der Waals surface area contributed by atoms with E-state index in [0.717, 1.165) is 26.1 Å². The molecule has 0 aromatic carbocycles. The van der Waals surface area contributed by atoms with E-state index >= 15 is 0 Å². The van der Waals surface area contributed by atoms with Crippen LogP contribution in [0.1, 0.15) is 12.1 Å². The van der Waals surface area contributed by atoms with E-state index in [4.69, 9.17) is 11.6 Å². The molecule has 0 amide bonds. The van der Waals surface area contributed by atoms with E-state index in [1.54, 1.807) is 6.92 Å². The molecule has 1 saturated heterocycles. The van der Waals surface area contributed by atoms with Crippen molar-refractivity contribution in [3.63, 3.8) is 0 Å². The largest absolute Gasteiger partial charge is 0.349 e. The second kappa shape index (κ2) is 5.66. The summed E-state index contributed by atoms with van der Waals surface area (Å²) < 4.78 is 0. The lowest BCUT2D eigenvalue weighted by Gasteiger charge is -2.21. The molecule has 2 rings (SSSR count). The van der Waals surface area contributed by atoms with E-state index < -0.39 is 4.92 Å². The Hall–Kier alpha value is -1.47. The van der Waals surface area contributed by atoms with Gasteiger partial charge in [0.25, 0.3) is 0 Å². The summed E-state index contributed by atoms with van der Waals surface area (Å²) in [6.07, 6.45) is 0.939. The van der Waals surface area contributed by atoms with Crippen LogP contribution in [0.4, 0.5) is 11.5 Å². The molecule has 1 aromatic rings. The molecule has 1 aromatic heterocycles. The predicted molar refractivity (Wildman–Crippen MR) is 72.8 cm³/mol. The highest BCUT2D eigenvalue weighted by atomic mass is 35.5. The van der Waals surface area contributed by atoms with Crippen LogP contribution in [0.15, 0.2) is 0 Å². The van der Waals surface area contributed by atoms with Crippen LogP contribution in [0.3, 0.4) is 0 Å². The summed E-state index contributed by atoms with van der Waals surface area (Å²) in [7, 11) is 2.04. The minimum atomic E-state index is -0.435. The van der Waals surface area contributed by atoms with Gasteiger partial charge in [-0.25, -0.2) is 4.98 Å². The fraction of sp³-hybridized carbons (Fsp3) is 0.636. The number of nitro groups is 1. The average molecular weight is 286 g/mol. The second-order valence-corrected chi connectivity index (χ2v) is 4.99. The van der Waals surface area contributed by atoms with Gasteiger partial charge < -0.3 is 9.80 Å². The lowest BCUT2D eigenvalue weighted by atomic mass is 10.3. The lowest BCUT2D eigenvalue weighted by molar-refractivity contribution is -0.385. The van der Waals surface area contributed by atoms with Crippen LogP contribution in [0.2, 0.25) is 5.28 Å². The number of hydrogen-bond acceptors (Lipinski definition) is 6. The Morgan fingerprint density at radius 2 is 2.00 bits per heavy atom. The van der Waals surface area contributed by atoms with Gasteiger partial charge in [-0.15, -0.1) is 0 Å². The molecule has 0 spiro atoms. The monoisotopic (exact) mass is 285 g/mol. The van der Waals surface area contributed by atoms with Crippen molar-refractivity contribution in [2.45, 2.75) is 13.3 Å². The molecule has 1 aliphatic heterocycles. The van der Waals surface area contributed by atoms with Gasteiger partial charge in [-0.05, 0) is 38.5 Å². The smallest absolute Gasteiger partial charge is 0.332 e. The van der Waals surface area contributed by atoms with Gasteiger partial charge in [-0.1, -0.05) is 0 Å². The molecule has 104 valence electrons. The van der Waals surface area contributed by atoms with Gasteiger partial charge in [0.2, 0.25) is 11.1 Å². The maximum atomic E-state index is 11.2. The van der Waals surface area contributed by atoms with Gasteiger partial charge in [-0.3, -0.25) is 10.1 Å². The first kappa shape index (κ1) is 14.0. The Balaban J connectivity index is 2.39. The summed E-state index contributed by atoms with van der Waals surface area (Å²) in [4.78, 5) is 22.8. The number of aryl methyl sites for hydroxylation is 1. The quantitative estimate of drug-likeness (QED) is 0.465. The van der Waals surface area contributed by atoms with Gasteiger partial charge >= 0.3 is 5.69 Å². The molecule has 0 N–H and O–H groups in total. The zero-order chi connectivity index (χ0) is 14.0. The number of nitrogens with zero attached hydrogens (tertiary/aromatic N) is 5. The Morgan fingerprint density at radius 1 is 1.26 bits per heavy atom. The van der Waals surface area contributed by atoms with Gasteiger partial charge in [-0.2, -0.15) is 4.98 Å². The number of anilines is 1. The van der Waals surface area contributed by atoms with Gasteiger partial charge in [0.1, 0.15) is 5.69 Å². The van der Waals surface area contributed by atoms with Crippen LogP contribution in [-0.4, -0.2) is 53.0 Å². The lowest BCUT2D eigenvalue weighted by Crippen LogP contribution is -2.30. The van der Waals surface area contributed by atoms with Crippen LogP contribution in [0.5, 0.6) is 0 Å². The van der Waals surface area contributed by atoms with E-state index in [9.17, 15) is 10.1 Å². The third-order valence-electron chi connectivity index (χ3n) is 3.21. The summed E-state index contributed by atoms with van der Waals surface area (Å²) in [6.45, 7) is 4.83. The van der Waals surface area contributed by atoms with Gasteiger partial charge in [0.15, 0.2) is 0 Å². The number of halogens is 1. The van der Waals surface area contributed by atoms with Crippen molar-refractivity contribution in [2.75, 3.05) is 38.1 Å². The molecule has 0 atom stereocenters. The normalized spacial score (nSPS) is 17.3. The highest BCUT2D eigenvalue weighted by Crippen LogP contribution is 2.30. The Kier molecular flexibility index (Phi) is 4.16. The first-order valence-corrected chi connectivity index (χ1v) is 6.49. The molecule has 0 aliphatic carbocycles. The number of likely N-dealkylation sites (N-methyl/N-ethyl adjacent to an activating group) is 1. The molecule has 2 heterocycles. The molecule has 8 heteroatoms. The van der Waals surface area contributed by atoms with E-state index in [2.05, 4.69) is 14.9 Å². The molecule has 1 fully saturated rings. The fourth-order valence-corrected chi connectivity index (χ4v) is 2.42. The van der Waals surface area contributed by atoms with Gasteiger partial charge in [0, 0.05) is 19.6 Å². The van der Waals surface area contributed by atoms with E-state index in [0.29, 0.717) is 18.1 Å². The first-order chi connectivity index (χ1) is 8.99. The summed E-state index contributed by atoms with van der Waals surface area (Å²) in [5, 5.41) is 11.2. The SMILES string of the molecule is Cc1nc(Cl)nc(N2CCCN(C)CC2)c1[N+](=O)[O-]. The van der Waals surface area contributed by atoms with Gasteiger partial charge in [0.05, 0.1) is 4.92 Å². The third kappa shape index (κ3) is 3.10. The number of hydrogen-bond donors (Lipinski definition) is 0. The van der Waals surface area contributed by atoms with Crippen LogP contribution < -0.4 is 4.90 Å². The van der Waals surface area contributed by atoms with Crippen LogP contribution in [0, 0.1) is 17.0 Å². The minimum Gasteiger partial charge on any atom is -0.349 e. The minimum absolute atomic E-state index is 0.0473. The summed E-state index contributed by atoms with van der Waals surface area (Å²) in [5.41, 5.74) is 0.256. The molecule has 0 radical (unpaired) electrons. The summed E-state index contributed by atoms with van der Waals surface area (Å²) in [5.74, 6) is 0.331.